The lowest BCUT2D eigenvalue weighted by Gasteiger charge is -2.27. The zero-order valence-corrected chi connectivity index (χ0v) is 16.2. The Labute approximate surface area is 167 Å². The van der Waals surface area contributed by atoms with E-state index in [1.807, 2.05) is 0 Å². The highest BCUT2D eigenvalue weighted by Gasteiger charge is 2.33. The first-order valence-corrected chi connectivity index (χ1v) is 8.99. The molecular formula is C21H24F3NO4. The van der Waals surface area contributed by atoms with Crippen LogP contribution < -0.4 is 10.5 Å². The van der Waals surface area contributed by atoms with E-state index in [0.29, 0.717) is 5.75 Å². The average molecular weight is 411 g/mol. The third-order valence-electron chi connectivity index (χ3n) is 4.38. The maximum Gasteiger partial charge on any atom is 0.416 e. The Morgan fingerprint density at radius 2 is 1.76 bits per heavy atom. The van der Waals surface area contributed by atoms with Gasteiger partial charge in [-0.05, 0) is 47.7 Å². The molecule has 2 atom stereocenters. The van der Waals surface area contributed by atoms with Gasteiger partial charge >= 0.3 is 12.1 Å². The van der Waals surface area contributed by atoms with Crippen molar-refractivity contribution < 1.29 is 32.5 Å². The molecule has 0 heterocycles. The van der Waals surface area contributed by atoms with Gasteiger partial charge in [-0.1, -0.05) is 31.2 Å². The molecular weight excluding hydrogens is 387 g/mol. The van der Waals surface area contributed by atoms with Crippen molar-refractivity contribution in [3.63, 3.8) is 0 Å². The molecule has 0 aliphatic carbocycles. The van der Waals surface area contributed by atoms with E-state index in [4.69, 9.17) is 10.5 Å². The zero-order chi connectivity index (χ0) is 21.7. The van der Waals surface area contributed by atoms with Crippen LogP contribution in [0.1, 0.15) is 30.0 Å². The lowest BCUT2D eigenvalue weighted by Crippen LogP contribution is -2.39. The van der Waals surface area contributed by atoms with Crippen molar-refractivity contribution in [1.82, 2.24) is 0 Å². The molecule has 5 nitrogen and oxygen atoms in total. The summed E-state index contributed by atoms with van der Waals surface area (Å²) in [6.45, 7) is 1.98. The van der Waals surface area contributed by atoms with E-state index in [0.717, 1.165) is 17.7 Å². The van der Waals surface area contributed by atoms with Crippen LogP contribution in [0.4, 0.5) is 13.2 Å². The number of carbonyl (C=O) groups excluding carboxylic acids is 1. The molecule has 2 unspecified atom stereocenters. The molecule has 2 aromatic carbocycles. The molecule has 2 rings (SSSR count). The molecule has 0 spiro atoms. The monoisotopic (exact) mass is 411 g/mol. The van der Waals surface area contributed by atoms with Gasteiger partial charge in [0.25, 0.3) is 0 Å². The first-order valence-electron chi connectivity index (χ1n) is 8.99. The van der Waals surface area contributed by atoms with Crippen molar-refractivity contribution in [2.45, 2.75) is 31.7 Å². The molecule has 0 saturated carbocycles. The van der Waals surface area contributed by atoms with Crippen LogP contribution >= 0.6 is 0 Å². The van der Waals surface area contributed by atoms with E-state index >= 15 is 0 Å². The lowest BCUT2D eigenvalue weighted by atomic mass is 9.92. The number of hydrogen-bond donors (Lipinski definition) is 2. The summed E-state index contributed by atoms with van der Waals surface area (Å²) in [6, 6.07) is 11.2. The maximum atomic E-state index is 12.9. The summed E-state index contributed by atoms with van der Waals surface area (Å²) in [5.41, 5.74) is 3.87. The highest BCUT2D eigenvalue weighted by molar-refractivity contribution is 5.72. The Morgan fingerprint density at radius 3 is 2.34 bits per heavy atom. The molecule has 0 aromatic heterocycles. The molecule has 0 amide bonds. The van der Waals surface area contributed by atoms with Gasteiger partial charge in [-0.15, -0.1) is 0 Å². The third kappa shape index (κ3) is 6.76. The average Bonchev–Trinajstić information content (AvgIpc) is 2.66. The molecule has 29 heavy (non-hydrogen) atoms. The number of aliphatic hydroxyl groups is 1. The highest BCUT2D eigenvalue weighted by Crippen LogP contribution is 2.32. The molecule has 2 aromatic rings. The molecule has 8 heteroatoms. The SMILES string of the molecule is COC(=O)Cc1ccc(OCC(C)CC(N)(O)c2cccc(C(F)(F)F)c2)cc1. The van der Waals surface area contributed by atoms with Gasteiger partial charge in [-0.3, -0.25) is 10.5 Å². The number of methoxy groups -OCH3 is 1. The van der Waals surface area contributed by atoms with E-state index in [1.54, 1.807) is 31.2 Å². The lowest BCUT2D eigenvalue weighted by molar-refractivity contribution is -0.140. The van der Waals surface area contributed by atoms with Gasteiger partial charge in [0, 0.05) is 0 Å². The number of esters is 1. The summed E-state index contributed by atoms with van der Waals surface area (Å²) >= 11 is 0. The first-order chi connectivity index (χ1) is 13.5. The fourth-order valence-electron chi connectivity index (χ4n) is 2.85. The molecule has 0 saturated heterocycles. The van der Waals surface area contributed by atoms with E-state index < -0.39 is 17.5 Å². The van der Waals surface area contributed by atoms with Gasteiger partial charge in [0.15, 0.2) is 0 Å². The zero-order valence-electron chi connectivity index (χ0n) is 16.2. The molecule has 0 fully saturated rings. The van der Waals surface area contributed by atoms with Crippen LogP contribution in [0.25, 0.3) is 0 Å². The van der Waals surface area contributed by atoms with Crippen LogP contribution in [0.3, 0.4) is 0 Å². The van der Waals surface area contributed by atoms with Crippen molar-refractivity contribution in [1.29, 1.82) is 0 Å². The summed E-state index contributed by atoms with van der Waals surface area (Å²) in [6.07, 6.45) is -4.35. The van der Waals surface area contributed by atoms with Gasteiger partial charge in [-0.25, -0.2) is 0 Å². The minimum Gasteiger partial charge on any atom is -0.493 e. The largest absolute Gasteiger partial charge is 0.493 e. The summed E-state index contributed by atoms with van der Waals surface area (Å²) in [4.78, 5) is 11.3. The van der Waals surface area contributed by atoms with Crippen LogP contribution in [-0.4, -0.2) is 24.8 Å². The minimum atomic E-state index is -4.51. The third-order valence-corrected chi connectivity index (χ3v) is 4.38. The Morgan fingerprint density at radius 1 is 1.14 bits per heavy atom. The molecule has 0 bridgehead atoms. The molecule has 3 N–H and O–H groups in total. The van der Waals surface area contributed by atoms with Gasteiger partial charge < -0.3 is 14.6 Å². The summed E-state index contributed by atoms with van der Waals surface area (Å²) in [5, 5.41) is 10.5. The van der Waals surface area contributed by atoms with Gasteiger partial charge in [0.1, 0.15) is 11.5 Å². The number of ether oxygens (including phenoxy) is 2. The van der Waals surface area contributed by atoms with Gasteiger partial charge in [-0.2, -0.15) is 13.2 Å². The van der Waals surface area contributed by atoms with E-state index in [1.165, 1.54) is 19.2 Å². The van der Waals surface area contributed by atoms with Gasteiger partial charge in [0.2, 0.25) is 0 Å². The minimum absolute atomic E-state index is 0.00802. The number of alkyl halides is 3. The van der Waals surface area contributed by atoms with Crippen molar-refractivity contribution >= 4 is 5.97 Å². The number of nitrogens with two attached hydrogens (primary N) is 1. The topological polar surface area (TPSA) is 81.8 Å². The predicted octanol–water partition coefficient (Wildman–Crippen LogP) is 3.63. The maximum absolute atomic E-state index is 12.9. The van der Waals surface area contributed by atoms with Crippen LogP contribution in [0, 0.1) is 5.92 Å². The summed E-state index contributed by atoms with van der Waals surface area (Å²) < 4.78 is 48.9. The Kier molecular flexibility index (Phi) is 7.26. The number of benzene rings is 2. The van der Waals surface area contributed by atoms with Gasteiger partial charge in [0.05, 0.1) is 25.7 Å². The van der Waals surface area contributed by atoms with Crippen LogP contribution in [0.15, 0.2) is 48.5 Å². The summed E-state index contributed by atoms with van der Waals surface area (Å²) in [5.74, 6) is -0.0245. The van der Waals surface area contributed by atoms with Crippen molar-refractivity contribution in [2.24, 2.45) is 11.7 Å². The number of halogens is 3. The smallest absolute Gasteiger partial charge is 0.416 e. The fourth-order valence-corrected chi connectivity index (χ4v) is 2.85. The van der Waals surface area contributed by atoms with Crippen molar-refractivity contribution in [3.8, 4) is 5.75 Å². The van der Waals surface area contributed by atoms with E-state index in [2.05, 4.69) is 4.74 Å². The molecule has 0 radical (unpaired) electrons. The Bertz CT molecular complexity index is 819. The Hall–Kier alpha value is -2.58. The second-order valence-corrected chi connectivity index (χ2v) is 7.02. The van der Waals surface area contributed by atoms with E-state index in [9.17, 15) is 23.1 Å². The summed E-state index contributed by atoms with van der Waals surface area (Å²) in [7, 11) is 1.32. The number of rotatable bonds is 8. The first kappa shape index (κ1) is 22.7. The quantitative estimate of drug-likeness (QED) is 0.512. The van der Waals surface area contributed by atoms with Crippen molar-refractivity contribution in [3.05, 3.63) is 65.2 Å². The van der Waals surface area contributed by atoms with Crippen LogP contribution in [0.5, 0.6) is 5.75 Å². The molecule has 0 aliphatic heterocycles. The highest BCUT2D eigenvalue weighted by atomic mass is 19.4. The van der Waals surface area contributed by atoms with Crippen LogP contribution in [0.2, 0.25) is 0 Å². The fraction of sp³-hybridized carbons (Fsp3) is 0.381. The predicted molar refractivity (Wildman–Crippen MR) is 101 cm³/mol. The second kappa shape index (κ2) is 9.28. The number of carbonyl (C=O) groups is 1. The van der Waals surface area contributed by atoms with E-state index in [-0.39, 0.29) is 36.9 Å². The molecule has 158 valence electrons. The second-order valence-electron chi connectivity index (χ2n) is 7.02. The normalized spacial score (nSPS) is 14.7. The molecule has 0 aliphatic rings. The number of hydrogen-bond acceptors (Lipinski definition) is 5. The van der Waals surface area contributed by atoms with Crippen molar-refractivity contribution in [2.75, 3.05) is 13.7 Å². The van der Waals surface area contributed by atoms with Crippen LogP contribution in [-0.2, 0) is 27.9 Å². The standard InChI is InChI=1S/C21H24F3NO4/c1-14(13-29-18-8-6-15(7-9-18)10-19(26)28-2)12-20(25,27)16-4-3-5-17(11-16)21(22,23)24/h3-9,11,14,27H,10,12-13,25H2,1-2H3. The Balaban J connectivity index is 1.94.